The molecule has 5 unspecified atom stereocenters. The van der Waals surface area contributed by atoms with Crippen LogP contribution in [-0.4, -0.2) is 24.4 Å². The summed E-state index contributed by atoms with van der Waals surface area (Å²) in [6.07, 6.45) is -0.317. The molecule has 1 aliphatic rings. The van der Waals surface area contributed by atoms with Crippen molar-refractivity contribution in [3.63, 3.8) is 0 Å². The summed E-state index contributed by atoms with van der Waals surface area (Å²) in [6.45, 7) is 10.3. The van der Waals surface area contributed by atoms with Crippen molar-refractivity contribution < 1.29 is 14.6 Å². The van der Waals surface area contributed by atoms with Crippen molar-refractivity contribution in [3.8, 4) is 5.75 Å². The van der Waals surface area contributed by atoms with E-state index in [-0.39, 0.29) is 18.1 Å². The molecule has 5 atom stereocenters. The number of hydrogen-bond acceptors (Lipinski definition) is 3. The second-order valence-corrected chi connectivity index (χ2v) is 6.13. The SMILES string of the molecule is COc1cc(C)cc(C)c1C(O)C1C(C)OC(C)C1C. The molecule has 1 aromatic carbocycles. The zero-order chi connectivity index (χ0) is 15.0. The third-order valence-electron chi connectivity index (χ3n) is 4.69. The average Bonchev–Trinajstić information content (AvgIpc) is 2.61. The Kier molecular flexibility index (Phi) is 4.40. The lowest BCUT2D eigenvalue weighted by molar-refractivity contribution is 0.0222. The van der Waals surface area contributed by atoms with Gasteiger partial charge in [0.1, 0.15) is 5.75 Å². The van der Waals surface area contributed by atoms with Crippen LogP contribution in [0.5, 0.6) is 5.75 Å². The van der Waals surface area contributed by atoms with Crippen LogP contribution >= 0.6 is 0 Å². The molecule has 0 spiro atoms. The highest BCUT2D eigenvalue weighted by atomic mass is 16.5. The van der Waals surface area contributed by atoms with E-state index in [0.717, 1.165) is 22.4 Å². The highest BCUT2D eigenvalue weighted by Crippen LogP contribution is 2.43. The Hall–Kier alpha value is -1.06. The molecule has 1 aromatic rings. The maximum absolute atomic E-state index is 10.9. The van der Waals surface area contributed by atoms with E-state index >= 15 is 0 Å². The van der Waals surface area contributed by atoms with Gasteiger partial charge in [0, 0.05) is 11.5 Å². The minimum Gasteiger partial charge on any atom is -0.496 e. The van der Waals surface area contributed by atoms with Gasteiger partial charge in [-0.2, -0.15) is 0 Å². The molecule has 2 rings (SSSR count). The molecule has 0 bridgehead atoms. The maximum atomic E-state index is 10.9. The molecular weight excluding hydrogens is 252 g/mol. The number of hydrogen-bond donors (Lipinski definition) is 1. The molecule has 20 heavy (non-hydrogen) atoms. The van der Waals surface area contributed by atoms with Crippen LogP contribution in [0, 0.1) is 25.7 Å². The first-order valence-corrected chi connectivity index (χ1v) is 7.35. The fraction of sp³-hybridized carbons (Fsp3) is 0.647. The molecule has 112 valence electrons. The van der Waals surface area contributed by atoms with E-state index in [2.05, 4.69) is 19.9 Å². The molecule has 0 aliphatic carbocycles. The van der Waals surface area contributed by atoms with Crippen molar-refractivity contribution in [2.75, 3.05) is 7.11 Å². The minimum absolute atomic E-state index is 0.0559. The minimum atomic E-state index is -0.555. The average molecular weight is 278 g/mol. The number of ether oxygens (including phenoxy) is 2. The molecule has 0 aromatic heterocycles. The molecule has 1 fully saturated rings. The van der Waals surface area contributed by atoms with E-state index in [1.807, 2.05) is 26.8 Å². The second kappa shape index (κ2) is 5.74. The van der Waals surface area contributed by atoms with Gasteiger partial charge in [0.25, 0.3) is 0 Å². The van der Waals surface area contributed by atoms with Crippen LogP contribution in [0.4, 0.5) is 0 Å². The fourth-order valence-electron chi connectivity index (χ4n) is 3.52. The van der Waals surface area contributed by atoms with Crippen molar-refractivity contribution in [1.82, 2.24) is 0 Å². The number of aryl methyl sites for hydroxylation is 2. The molecule has 1 aliphatic heterocycles. The van der Waals surface area contributed by atoms with Crippen molar-refractivity contribution >= 4 is 0 Å². The highest BCUT2D eigenvalue weighted by molar-refractivity contribution is 5.45. The number of methoxy groups -OCH3 is 1. The highest BCUT2D eigenvalue weighted by Gasteiger charge is 2.42. The Bertz CT molecular complexity index is 483. The van der Waals surface area contributed by atoms with E-state index in [4.69, 9.17) is 9.47 Å². The Morgan fingerprint density at radius 1 is 1.15 bits per heavy atom. The van der Waals surface area contributed by atoms with Gasteiger partial charge in [-0.15, -0.1) is 0 Å². The molecule has 0 radical (unpaired) electrons. The van der Waals surface area contributed by atoms with Crippen LogP contribution in [-0.2, 0) is 4.74 Å². The van der Waals surface area contributed by atoms with Gasteiger partial charge in [-0.1, -0.05) is 13.0 Å². The number of aliphatic hydroxyl groups is 1. The largest absolute Gasteiger partial charge is 0.496 e. The zero-order valence-electron chi connectivity index (χ0n) is 13.3. The van der Waals surface area contributed by atoms with Gasteiger partial charge in [0.2, 0.25) is 0 Å². The van der Waals surface area contributed by atoms with Crippen LogP contribution in [0.1, 0.15) is 43.6 Å². The summed E-state index contributed by atoms with van der Waals surface area (Å²) in [7, 11) is 1.66. The van der Waals surface area contributed by atoms with Gasteiger partial charge in [-0.25, -0.2) is 0 Å². The predicted molar refractivity (Wildman–Crippen MR) is 80.1 cm³/mol. The lowest BCUT2D eigenvalue weighted by atomic mass is 9.80. The van der Waals surface area contributed by atoms with Crippen LogP contribution in [0.15, 0.2) is 12.1 Å². The monoisotopic (exact) mass is 278 g/mol. The standard InChI is InChI=1S/C17H26O3/c1-9-7-10(2)15(14(8-9)19-6)17(18)16-11(3)12(4)20-13(16)5/h7-8,11-13,16-18H,1-6H3. The molecule has 1 N–H and O–H groups in total. The second-order valence-electron chi connectivity index (χ2n) is 6.13. The summed E-state index contributed by atoms with van der Waals surface area (Å²) in [5.74, 6) is 1.19. The first-order valence-electron chi connectivity index (χ1n) is 7.35. The Morgan fingerprint density at radius 2 is 1.80 bits per heavy atom. The van der Waals surface area contributed by atoms with Gasteiger partial charge in [0.05, 0.1) is 25.4 Å². The summed E-state index contributed by atoms with van der Waals surface area (Å²) in [5, 5.41) is 10.9. The van der Waals surface area contributed by atoms with Gasteiger partial charge in [-0.05, 0) is 50.8 Å². The summed E-state index contributed by atoms with van der Waals surface area (Å²) >= 11 is 0. The van der Waals surface area contributed by atoms with E-state index in [1.54, 1.807) is 7.11 Å². The summed E-state index contributed by atoms with van der Waals surface area (Å²) in [6, 6.07) is 4.08. The molecule has 1 heterocycles. The molecule has 0 saturated carbocycles. The number of rotatable bonds is 3. The van der Waals surface area contributed by atoms with Gasteiger partial charge < -0.3 is 14.6 Å². The summed E-state index contributed by atoms with van der Waals surface area (Å²) in [5.41, 5.74) is 3.13. The van der Waals surface area contributed by atoms with E-state index in [9.17, 15) is 5.11 Å². The summed E-state index contributed by atoms with van der Waals surface area (Å²) in [4.78, 5) is 0. The van der Waals surface area contributed by atoms with Crippen LogP contribution in [0.25, 0.3) is 0 Å². The van der Waals surface area contributed by atoms with Crippen molar-refractivity contribution in [3.05, 3.63) is 28.8 Å². The summed E-state index contributed by atoms with van der Waals surface area (Å²) < 4.78 is 11.3. The Labute approximate surface area is 121 Å². The number of benzene rings is 1. The molecule has 0 amide bonds. The lowest BCUT2D eigenvalue weighted by Gasteiger charge is -2.27. The Balaban J connectivity index is 2.41. The van der Waals surface area contributed by atoms with Crippen molar-refractivity contribution in [2.24, 2.45) is 11.8 Å². The van der Waals surface area contributed by atoms with Crippen LogP contribution in [0.2, 0.25) is 0 Å². The van der Waals surface area contributed by atoms with E-state index in [0.29, 0.717) is 5.92 Å². The maximum Gasteiger partial charge on any atom is 0.125 e. The van der Waals surface area contributed by atoms with Gasteiger partial charge >= 0.3 is 0 Å². The topological polar surface area (TPSA) is 38.7 Å². The number of aliphatic hydroxyl groups excluding tert-OH is 1. The van der Waals surface area contributed by atoms with Gasteiger partial charge in [-0.3, -0.25) is 0 Å². The van der Waals surface area contributed by atoms with Crippen molar-refractivity contribution in [2.45, 2.75) is 52.9 Å². The molecule has 1 saturated heterocycles. The van der Waals surface area contributed by atoms with Crippen LogP contribution < -0.4 is 4.74 Å². The first kappa shape index (κ1) is 15.3. The first-order chi connectivity index (χ1) is 9.36. The van der Waals surface area contributed by atoms with Gasteiger partial charge in [0.15, 0.2) is 0 Å². The Morgan fingerprint density at radius 3 is 2.30 bits per heavy atom. The van der Waals surface area contributed by atoms with E-state index in [1.165, 1.54) is 0 Å². The fourth-order valence-corrected chi connectivity index (χ4v) is 3.52. The molecule has 3 nitrogen and oxygen atoms in total. The zero-order valence-corrected chi connectivity index (χ0v) is 13.3. The van der Waals surface area contributed by atoms with Crippen molar-refractivity contribution in [1.29, 1.82) is 0 Å². The van der Waals surface area contributed by atoms with E-state index < -0.39 is 6.10 Å². The molecular formula is C17H26O3. The lowest BCUT2D eigenvalue weighted by Crippen LogP contribution is -2.26. The predicted octanol–water partition coefficient (Wildman–Crippen LogP) is 3.40. The quantitative estimate of drug-likeness (QED) is 0.921. The third kappa shape index (κ3) is 2.57. The normalized spacial score (nSPS) is 31.4. The third-order valence-corrected chi connectivity index (χ3v) is 4.69. The smallest absolute Gasteiger partial charge is 0.125 e. The van der Waals surface area contributed by atoms with Crippen LogP contribution in [0.3, 0.4) is 0 Å². The molecule has 3 heteroatoms.